The molecule has 1 atom stereocenters. The Bertz CT molecular complexity index is 385. The van der Waals surface area contributed by atoms with Gasteiger partial charge in [-0.2, -0.15) is 0 Å². The second-order valence-corrected chi connectivity index (χ2v) is 6.37. The molecule has 0 spiro atoms. The Kier molecular flexibility index (Phi) is 3.34. The zero-order valence-electron chi connectivity index (χ0n) is 7.03. The quantitative estimate of drug-likeness (QED) is 0.869. The highest BCUT2D eigenvalue weighted by Gasteiger charge is 2.16. The maximum Gasteiger partial charge on any atom is 0.149 e. The van der Waals surface area contributed by atoms with E-state index in [2.05, 4.69) is 0 Å². The monoisotopic (exact) mass is 239 g/mol. The van der Waals surface area contributed by atoms with Crippen LogP contribution < -0.4 is 5.73 Å². The number of hydrogen-bond donors (Lipinski definition) is 1. The van der Waals surface area contributed by atoms with E-state index in [0.717, 1.165) is 11.1 Å². The Morgan fingerprint density at radius 2 is 2.31 bits per heavy atom. The second-order valence-electron chi connectivity index (χ2n) is 2.83. The van der Waals surface area contributed by atoms with E-state index in [9.17, 15) is 8.42 Å². The smallest absolute Gasteiger partial charge is 0.149 e. The summed E-state index contributed by atoms with van der Waals surface area (Å²) in [6.07, 6.45) is 1.16. The lowest BCUT2D eigenvalue weighted by atomic mass is 10.3. The highest BCUT2D eigenvalue weighted by Crippen LogP contribution is 2.27. The first-order chi connectivity index (χ1) is 5.90. The van der Waals surface area contributed by atoms with Crippen molar-refractivity contribution >= 4 is 32.8 Å². The van der Waals surface area contributed by atoms with Crippen molar-refractivity contribution in [3.8, 4) is 0 Å². The summed E-state index contributed by atoms with van der Waals surface area (Å²) in [6.45, 7) is 0. The fourth-order valence-corrected chi connectivity index (χ4v) is 3.10. The first-order valence-electron chi connectivity index (χ1n) is 3.56. The summed E-state index contributed by atoms with van der Waals surface area (Å²) in [7, 11) is -3.04. The van der Waals surface area contributed by atoms with E-state index < -0.39 is 15.9 Å². The van der Waals surface area contributed by atoms with E-state index in [4.69, 9.17) is 17.3 Å². The Hall–Kier alpha value is -0.100. The molecule has 1 rings (SSSR count). The zero-order chi connectivity index (χ0) is 10.1. The van der Waals surface area contributed by atoms with Gasteiger partial charge in [-0.05, 0) is 11.4 Å². The number of halogens is 1. The topological polar surface area (TPSA) is 60.2 Å². The Balaban J connectivity index is 2.81. The second kappa shape index (κ2) is 3.96. The average molecular weight is 240 g/mol. The first-order valence-corrected chi connectivity index (χ1v) is 6.88. The van der Waals surface area contributed by atoms with Crippen LogP contribution in [0, 0.1) is 0 Å². The van der Waals surface area contributed by atoms with E-state index in [0.29, 0.717) is 5.02 Å². The summed E-state index contributed by atoms with van der Waals surface area (Å²) in [5.74, 6) is -0.0623. The van der Waals surface area contributed by atoms with Crippen LogP contribution in [0.4, 0.5) is 0 Å². The van der Waals surface area contributed by atoms with Crippen molar-refractivity contribution < 1.29 is 8.42 Å². The Morgan fingerprint density at radius 1 is 1.69 bits per heavy atom. The lowest BCUT2D eigenvalue weighted by molar-refractivity contribution is 0.595. The van der Waals surface area contributed by atoms with Crippen molar-refractivity contribution in [2.45, 2.75) is 6.04 Å². The maximum absolute atomic E-state index is 10.9. The lowest BCUT2D eigenvalue weighted by Crippen LogP contribution is -2.20. The standard InChI is InChI=1S/C7H10ClNO2S2/c1-13(10,11)4-6(9)7-5(8)2-3-12-7/h2-3,6H,4,9H2,1H3/t6-/m0/s1. The molecule has 3 nitrogen and oxygen atoms in total. The predicted octanol–water partition coefficient (Wildman–Crippen LogP) is 1.45. The minimum absolute atomic E-state index is 0.0623. The summed E-state index contributed by atoms with van der Waals surface area (Å²) in [5.41, 5.74) is 5.67. The summed E-state index contributed by atoms with van der Waals surface area (Å²) in [6, 6.07) is 1.20. The molecule has 1 aromatic rings. The van der Waals surface area contributed by atoms with E-state index in [-0.39, 0.29) is 5.75 Å². The fraction of sp³-hybridized carbons (Fsp3) is 0.429. The van der Waals surface area contributed by atoms with Crippen molar-refractivity contribution in [3.05, 3.63) is 21.3 Å². The van der Waals surface area contributed by atoms with Crippen LogP contribution in [0.5, 0.6) is 0 Å². The van der Waals surface area contributed by atoms with Crippen molar-refractivity contribution in [3.63, 3.8) is 0 Å². The lowest BCUT2D eigenvalue weighted by Gasteiger charge is -2.07. The number of rotatable bonds is 3. The van der Waals surface area contributed by atoms with Crippen molar-refractivity contribution in [2.24, 2.45) is 5.73 Å². The number of hydrogen-bond acceptors (Lipinski definition) is 4. The molecule has 0 saturated carbocycles. The van der Waals surface area contributed by atoms with Gasteiger partial charge in [0.1, 0.15) is 9.84 Å². The molecule has 0 amide bonds. The normalized spacial score (nSPS) is 14.4. The molecule has 0 saturated heterocycles. The molecule has 1 aromatic heterocycles. The van der Waals surface area contributed by atoms with Crippen LogP contribution in [-0.2, 0) is 9.84 Å². The molecule has 0 aromatic carbocycles. The van der Waals surface area contributed by atoms with Gasteiger partial charge in [-0.3, -0.25) is 0 Å². The summed E-state index contributed by atoms with van der Waals surface area (Å²) in [5, 5.41) is 2.33. The van der Waals surface area contributed by atoms with Gasteiger partial charge in [0.2, 0.25) is 0 Å². The zero-order valence-corrected chi connectivity index (χ0v) is 9.42. The average Bonchev–Trinajstić information content (AvgIpc) is 2.30. The van der Waals surface area contributed by atoms with Gasteiger partial charge in [0.05, 0.1) is 16.8 Å². The third kappa shape index (κ3) is 3.27. The fourth-order valence-electron chi connectivity index (χ4n) is 0.972. The largest absolute Gasteiger partial charge is 0.322 e. The first kappa shape index (κ1) is 11.0. The third-order valence-electron chi connectivity index (χ3n) is 1.46. The summed E-state index contributed by atoms with van der Waals surface area (Å²) >= 11 is 7.18. The van der Waals surface area contributed by atoms with Gasteiger partial charge in [-0.25, -0.2) is 8.42 Å². The molecule has 6 heteroatoms. The minimum atomic E-state index is -3.04. The molecular formula is C7H10ClNO2S2. The summed E-state index contributed by atoms with van der Waals surface area (Å²) in [4.78, 5) is 0.729. The molecule has 0 radical (unpaired) electrons. The molecule has 0 aliphatic rings. The molecular weight excluding hydrogens is 230 g/mol. The van der Waals surface area contributed by atoms with E-state index in [1.54, 1.807) is 11.4 Å². The maximum atomic E-state index is 10.9. The van der Waals surface area contributed by atoms with Gasteiger partial charge in [0, 0.05) is 11.1 Å². The molecule has 0 unspecified atom stereocenters. The van der Waals surface area contributed by atoms with Crippen LogP contribution in [0.15, 0.2) is 11.4 Å². The Labute approximate surface area is 86.4 Å². The van der Waals surface area contributed by atoms with E-state index in [1.807, 2.05) is 0 Å². The van der Waals surface area contributed by atoms with Crippen LogP contribution >= 0.6 is 22.9 Å². The molecule has 1 heterocycles. The predicted molar refractivity (Wildman–Crippen MR) is 56.0 cm³/mol. The van der Waals surface area contributed by atoms with Crippen LogP contribution in [-0.4, -0.2) is 20.4 Å². The van der Waals surface area contributed by atoms with Gasteiger partial charge >= 0.3 is 0 Å². The molecule has 2 N–H and O–H groups in total. The molecule has 0 bridgehead atoms. The van der Waals surface area contributed by atoms with Gasteiger partial charge in [0.15, 0.2) is 0 Å². The molecule has 13 heavy (non-hydrogen) atoms. The van der Waals surface area contributed by atoms with Crippen molar-refractivity contribution in [1.29, 1.82) is 0 Å². The van der Waals surface area contributed by atoms with Crippen molar-refractivity contribution in [2.75, 3.05) is 12.0 Å². The van der Waals surface area contributed by atoms with Crippen LogP contribution in [0.2, 0.25) is 5.02 Å². The molecule has 0 fully saturated rings. The number of nitrogens with two attached hydrogens (primary N) is 1. The highest BCUT2D eigenvalue weighted by molar-refractivity contribution is 7.90. The van der Waals surface area contributed by atoms with Gasteiger partial charge in [-0.15, -0.1) is 11.3 Å². The Morgan fingerprint density at radius 3 is 2.69 bits per heavy atom. The van der Waals surface area contributed by atoms with Gasteiger partial charge in [-0.1, -0.05) is 11.6 Å². The van der Waals surface area contributed by atoms with E-state index >= 15 is 0 Å². The minimum Gasteiger partial charge on any atom is -0.322 e. The van der Waals surface area contributed by atoms with Gasteiger partial charge in [0.25, 0.3) is 0 Å². The van der Waals surface area contributed by atoms with Crippen LogP contribution in [0.1, 0.15) is 10.9 Å². The number of sulfone groups is 1. The third-order valence-corrected chi connectivity index (χ3v) is 3.92. The van der Waals surface area contributed by atoms with Crippen molar-refractivity contribution in [1.82, 2.24) is 0 Å². The molecule has 0 aliphatic heterocycles. The molecule has 0 aliphatic carbocycles. The number of thiophene rings is 1. The molecule has 74 valence electrons. The highest BCUT2D eigenvalue weighted by atomic mass is 35.5. The van der Waals surface area contributed by atoms with E-state index in [1.165, 1.54) is 11.3 Å². The SMILES string of the molecule is CS(=O)(=O)C[C@H](N)c1sccc1Cl. The van der Waals surface area contributed by atoms with Crippen LogP contribution in [0.3, 0.4) is 0 Å². The summed E-state index contributed by atoms with van der Waals surface area (Å²) < 4.78 is 21.9. The van der Waals surface area contributed by atoms with Gasteiger partial charge < -0.3 is 5.73 Å². The van der Waals surface area contributed by atoms with Crippen LogP contribution in [0.25, 0.3) is 0 Å².